The summed E-state index contributed by atoms with van der Waals surface area (Å²) in [5, 5.41) is 0. The standard InChI is InChI=1S/C14H22O/c1-4-12(3)13(5-2)11-15-14-9-7-6-8-10-14/h6-10,12-13H,4-5,11H2,1-3H3/t12-,13+/m0/s1. The molecule has 1 heteroatoms. The van der Waals surface area contributed by atoms with E-state index in [0.29, 0.717) is 5.92 Å². The third-order valence-electron chi connectivity index (χ3n) is 3.18. The number of ether oxygens (including phenoxy) is 1. The van der Waals surface area contributed by atoms with E-state index in [2.05, 4.69) is 20.8 Å². The van der Waals surface area contributed by atoms with Gasteiger partial charge in [-0.05, 0) is 30.4 Å². The summed E-state index contributed by atoms with van der Waals surface area (Å²) in [6.45, 7) is 7.64. The molecule has 0 aliphatic heterocycles. The summed E-state index contributed by atoms with van der Waals surface area (Å²) in [4.78, 5) is 0. The molecule has 0 unspecified atom stereocenters. The van der Waals surface area contributed by atoms with Gasteiger partial charge in [-0.2, -0.15) is 0 Å². The number of rotatable bonds is 6. The first-order valence-electron chi connectivity index (χ1n) is 5.95. The smallest absolute Gasteiger partial charge is 0.119 e. The molecule has 1 aromatic carbocycles. The van der Waals surface area contributed by atoms with Crippen molar-refractivity contribution in [3.8, 4) is 5.75 Å². The van der Waals surface area contributed by atoms with Crippen LogP contribution >= 0.6 is 0 Å². The van der Waals surface area contributed by atoms with E-state index >= 15 is 0 Å². The molecule has 0 aliphatic carbocycles. The Morgan fingerprint density at radius 1 is 1.07 bits per heavy atom. The highest BCUT2D eigenvalue weighted by Crippen LogP contribution is 2.20. The van der Waals surface area contributed by atoms with E-state index in [0.717, 1.165) is 18.3 Å². The van der Waals surface area contributed by atoms with E-state index in [1.165, 1.54) is 12.8 Å². The van der Waals surface area contributed by atoms with Crippen LogP contribution in [-0.2, 0) is 0 Å². The van der Waals surface area contributed by atoms with Crippen LogP contribution in [0.2, 0.25) is 0 Å². The molecule has 0 amide bonds. The lowest BCUT2D eigenvalue weighted by Crippen LogP contribution is -2.18. The summed E-state index contributed by atoms with van der Waals surface area (Å²) in [7, 11) is 0. The van der Waals surface area contributed by atoms with Crippen LogP contribution in [0, 0.1) is 11.8 Å². The van der Waals surface area contributed by atoms with Crippen molar-refractivity contribution in [2.45, 2.75) is 33.6 Å². The monoisotopic (exact) mass is 206 g/mol. The molecule has 0 aromatic heterocycles. The summed E-state index contributed by atoms with van der Waals surface area (Å²) in [5.41, 5.74) is 0. The second kappa shape index (κ2) is 6.49. The van der Waals surface area contributed by atoms with Gasteiger partial charge in [0.25, 0.3) is 0 Å². The minimum absolute atomic E-state index is 0.676. The first kappa shape index (κ1) is 12.1. The van der Waals surface area contributed by atoms with Gasteiger partial charge >= 0.3 is 0 Å². The highest BCUT2D eigenvalue weighted by atomic mass is 16.5. The second-order valence-electron chi connectivity index (χ2n) is 4.18. The van der Waals surface area contributed by atoms with E-state index < -0.39 is 0 Å². The molecule has 0 saturated carbocycles. The van der Waals surface area contributed by atoms with Crippen LogP contribution in [0.1, 0.15) is 33.6 Å². The molecule has 15 heavy (non-hydrogen) atoms. The first-order valence-corrected chi connectivity index (χ1v) is 5.95. The Labute approximate surface area is 93.5 Å². The van der Waals surface area contributed by atoms with Gasteiger partial charge in [0.05, 0.1) is 6.61 Å². The van der Waals surface area contributed by atoms with Crippen molar-refractivity contribution in [2.75, 3.05) is 6.61 Å². The maximum absolute atomic E-state index is 5.78. The fourth-order valence-corrected chi connectivity index (χ4v) is 1.74. The first-order chi connectivity index (χ1) is 7.27. The zero-order valence-electron chi connectivity index (χ0n) is 10.1. The average molecular weight is 206 g/mol. The SMILES string of the molecule is CC[C@H](COc1ccccc1)[C@@H](C)CC. The van der Waals surface area contributed by atoms with Gasteiger partial charge in [0.1, 0.15) is 5.75 Å². The van der Waals surface area contributed by atoms with E-state index in [9.17, 15) is 0 Å². The van der Waals surface area contributed by atoms with Crippen molar-refractivity contribution in [2.24, 2.45) is 11.8 Å². The predicted molar refractivity (Wildman–Crippen MR) is 65.2 cm³/mol. The molecule has 0 radical (unpaired) electrons. The average Bonchev–Trinajstić information content (AvgIpc) is 2.31. The van der Waals surface area contributed by atoms with E-state index in [1.54, 1.807) is 0 Å². The zero-order chi connectivity index (χ0) is 11.1. The van der Waals surface area contributed by atoms with Crippen molar-refractivity contribution in [3.63, 3.8) is 0 Å². The summed E-state index contributed by atoms with van der Waals surface area (Å²) >= 11 is 0. The zero-order valence-corrected chi connectivity index (χ0v) is 10.1. The fraction of sp³-hybridized carbons (Fsp3) is 0.571. The van der Waals surface area contributed by atoms with Crippen molar-refractivity contribution in [3.05, 3.63) is 30.3 Å². The number of para-hydroxylation sites is 1. The molecule has 0 heterocycles. The molecule has 2 atom stereocenters. The summed E-state index contributed by atoms with van der Waals surface area (Å²) in [5.74, 6) is 2.41. The molecule has 0 saturated heterocycles. The Hall–Kier alpha value is -0.980. The highest BCUT2D eigenvalue weighted by molar-refractivity contribution is 5.20. The van der Waals surface area contributed by atoms with E-state index in [1.807, 2.05) is 30.3 Å². The quantitative estimate of drug-likeness (QED) is 0.679. The Morgan fingerprint density at radius 3 is 2.27 bits per heavy atom. The lowest BCUT2D eigenvalue weighted by atomic mass is 9.90. The summed E-state index contributed by atoms with van der Waals surface area (Å²) in [6, 6.07) is 10.1. The van der Waals surface area contributed by atoms with Gasteiger partial charge in [0, 0.05) is 0 Å². The number of benzene rings is 1. The lowest BCUT2D eigenvalue weighted by Gasteiger charge is -2.21. The molecule has 84 valence electrons. The van der Waals surface area contributed by atoms with Crippen molar-refractivity contribution in [1.82, 2.24) is 0 Å². The minimum Gasteiger partial charge on any atom is -0.493 e. The molecule has 0 aliphatic rings. The predicted octanol–water partition coefficient (Wildman–Crippen LogP) is 4.14. The lowest BCUT2D eigenvalue weighted by molar-refractivity contribution is 0.194. The van der Waals surface area contributed by atoms with Crippen molar-refractivity contribution >= 4 is 0 Å². The second-order valence-corrected chi connectivity index (χ2v) is 4.18. The van der Waals surface area contributed by atoms with Crippen LogP contribution in [-0.4, -0.2) is 6.61 Å². The molecule has 1 nitrogen and oxygen atoms in total. The van der Waals surface area contributed by atoms with Gasteiger partial charge in [-0.15, -0.1) is 0 Å². The van der Waals surface area contributed by atoms with Crippen LogP contribution in [0.15, 0.2) is 30.3 Å². The number of hydrogen-bond acceptors (Lipinski definition) is 1. The van der Waals surface area contributed by atoms with Crippen molar-refractivity contribution < 1.29 is 4.74 Å². The number of hydrogen-bond donors (Lipinski definition) is 0. The molecule has 0 N–H and O–H groups in total. The van der Waals surface area contributed by atoms with Crippen LogP contribution in [0.25, 0.3) is 0 Å². The maximum Gasteiger partial charge on any atom is 0.119 e. The molecule has 0 bridgehead atoms. The largest absolute Gasteiger partial charge is 0.493 e. The minimum atomic E-state index is 0.676. The molecule has 0 spiro atoms. The Kier molecular flexibility index (Phi) is 5.23. The van der Waals surface area contributed by atoms with Crippen LogP contribution in [0.3, 0.4) is 0 Å². The Morgan fingerprint density at radius 2 is 1.73 bits per heavy atom. The van der Waals surface area contributed by atoms with Crippen LogP contribution < -0.4 is 4.74 Å². The third-order valence-corrected chi connectivity index (χ3v) is 3.18. The molecule has 1 aromatic rings. The maximum atomic E-state index is 5.78. The molecule has 1 rings (SSSR count). The normalized spacial score (nSPS) is 14.6. The van der Waals surface area contributed by atoms with Crippen LogP contribution in [0.5, 0.6) is 5.75 Å². The van der Waals surface area contributed by atoms with Crippen molar-refractivity contribution in [1.29, 1.82) is 0 Å². The van der Waals surface area contributed by atoms with Gasteiger partial charge in [0.15, 0.2) is 0 Å². The molecule has 0 fully saturated rings. The van der Waals surface area contributed by atoms with Crippen LogP contribution in [0.4, 0.5) is 0 Å². The van der Waals surface area contributed by atoms with E-state index in [-0.39, 0.29) is 0 Å². The summed E-state index contributed by atoms with van der Waals surface area (Å²) < 4.78 is 5.78. The topological polar surface area (TPSA) is 9.23 Å². The van der Waals surface area contributed by atoms with Gasteiger partial charge < -0.3 is 4.74 Å². The van der Waals surface area contributed by atoms with Gasteiger partial charge in [0.2, 0.25) is 0 Å². The Balaban J connectivity index is 2.41. The Bertz CT molecular complexity index is 255. The van der Waals surface area contributed by atoms with E-state index in [4.69, 9.17) is 4.74 Å². The molecular formula is C14H22O. The van der Waals surface area contributed by atoms with Gasteiger partial charge in [-0.25, -0.2) is 0 Å². The van der Waals surface area contributed by atoms with Gasteiger partial charge in [-0.1, -0.05) is 45.4 Å². The summed E-state index contributed by atoms with van der Waals surface area (Å²) in [6.07, 6.45) is 2.43. The third kappa shape index (κ3) is 3.94. The highest BCUT2D eigenvalue weighted by Gasteiger charge is 2.14. The fourth-order valence-electron chi connectivity index (χ4n) is 1.74. The van der Waals surface area contributed by atoms with Gasteiger partial charge in [-0.3, -0.25) is 0 Å². The molecular weight excluding hydrogens is 184 g/mol.